The maximum Gasteiger partial charge on any atom is 0.160 e. The van der Waals surface area contributed by atoms with Crippen molar-refractivity contribution in [1.82, 2.24) is 0 Å². The van der Waals surface area contributed by atoms with Crippen LogP contribution in [0.3, 0.4) is 0 Å². The van der Waals surface area contributed by atoms with Gasteiger partial charge in [-0.05, 0) is 202 Å². The van der Waals surface area contributed by atoms with E-state index in [0.29, 0.717) is 11.8 Å². The molecule has 1 nitrogen and oxygen atoms in total. The first-order chi connectivity index (χ1) is 39.4. The second kappa shape index (κ2) is 25.4. The number of hydrogen-bond acceptors (Lipinski definition) is 7. The molecule has 3 aliphatic carbocycles. The number of carbonyl (C=O) groups is 1. The third-order valence-corrected chi connectivity index (χ3v) is 25.3. The molecule has 3 atom stereocenters. The number of thiophene rings is 6. The van der Waals surface area contributed by atoms with Gasteiger partial charge in [0, 0.05) is 54.2 Å². The number of benzene rings is 3. The summed E-state index contributed by atoms with van der Waals surface area (Å²) in [6.07, 6.45) is 31.6. The molecule has 12 rings (SSSR count). The van der Waals surface area contributed by atoms with Gasteiger partial charge in [-0.2, -0.15) is 0 Å². The first-order valence-electron chi connectivity index (χ1n) is 30.6. The summed E-state index contributed by atoms with van der Waals surface area (Å²) >= 11 is 11.6. The van der Waals surface area contributed by atoms with Gasteiger partial charge in [-0.3, -0.25) is 4.79 Å². The molecule has 3 aliphatic rings. The summed E-state index contributed by atoms with van der Waals surface area (Å²) in [6.45, 7) is 9.24. The summed E-state index contributed by atoms with van der Waals surface area (Å²) < 4.78 is 0. The second-order valence-corrected chi connectivity index (χ2v) is 29.4. The van der Waals surface area contributed by atoms with Crippen LogP contribution in [0.5, 0.6) is 0 Å². The lowest BCUT2D eigenvalue weighted by molar-refractivity contribution is 0.112. The van der Waals surface area contributed by atoms with E-state index in [1.807, 2.05) is 56.7 Å². The van der Waals surface area contributed by atoms with Crippen molar-refractivity contribution in [3.05, 3.63) is 175 Å². The Labute approximate surface area is 501 Å². The van der Waals surface area contributed by atoms with E-state index in [0.717, 1.165) is 36.8 Å². The molecule has 412 valence electrons. The number of rotatable bonds is 24. The van der Waals surface area contributed by atoms with Crippen LogP contribution in [0.25, 0.3) is 72.1 Å². The molecule has 9 aromatic rings. The van der Waals surface area contributed by atoms with E-state index in [4.69, 9.17) is 0 Å². The van der Waals surface area contributed by atoms with Crippen molar-refractivity contribution < 1.29 is 4.79 Å². The SMILES string of the molecule is CCCCCCc1ccsc1-c1ccc(-c2sc(-c3ccc4c(c3)[C@]3(c5cc(-c6cc(CCCCCC)c(-c7ccc(-c8sc(C=O)cc8CCCCCC)s7)s6)ccc5C=C4)c4ccccc4[C@H]4CCCCC43)cc2CCC)s1. The number of aldehydes is 1. The van der Waals surface area contributed by atoms with Crippen LogP contribution in [0.4, 0.5) is 0 Å². The molecule has 0 radical (unpaired) electrons. The Balaban J connectivity index is 0.951. The summed E-state index contributed by atoms with van der Waals surface area (Å²) in [6, 6.07) is 44.1. The van der Waals surface area contributed by atoms with Crippen LogP contribution in [-0.4, -0.2) is 6.29 Å². The van der Waals surface area contributed by atoms with Crippen LogP contribution >= 0.6 is 68.0 Å². The van der Waals surface area contributed by atoms with Gasteiger partial charge in [0.15, 0.2) is 6.29 Å². The van der Waals surface area contributed by atoms with Gasteiger partial charge in [0.25, 0.3) is 0 Å². The molecule has 0 saturated heterocycles. The molecule has 0 N–H and O–H groups in total. The number of fused-ring (bicyclic) bond motifs is 9. The van der Waals surface area contributed by atoms with Crippen molar-refractivity contribution in [1.29, 1.82) is 0 Å². The number of carbonyl (C=O) groups excluding carboxylic acids is 1. The predicted octanol–water partition coefficient (Wildman–Crippen LogP) is 24.3. The second-order valence-electron chi connectivity index (χ2n) is 23.2. The first kappa shape index (κ1) is 55.8. The van der Waals surface area contributed by atoms with Gasteiger partial charge in [0.05, 0.1) is 4.88 Å². The lowest BCUT2D eigenvalue weighted by Crippen LogP contribution is -2.38. The maximum absolute atomic E-state index is 12.1. The minimum absolute atomic E-state index is 0.299. The van der Waals surface area contributed by atoms with Crippen molar-refractivity contribution in [2.45, 2.75) is 174 Å². The average molecular weight is 1160 g/mol. The monoisotopic (exact) mass is 1160 g/mol. The molecule has 3 aromatic carbocycles. The topological polar surface area (TPSA) is 17.1 Å². The molecule has 0 bridgehead atoms. The quantitative estimate of drug-likeness (QED) is 0.0435. The molecule has 80 heavy (non-hydrogen) atoms. The normalized spacial score (nSPS) is 17.2. The van der Waals surface area contributed by atoms with Gasteiger partial charge in [0.2, 0.25) is 0 Å². The van der Waals surface area contributed by atoms with E-state index in [9.17, 15) is 4.79 Å². The molecule has 7 heteroatoms. The highest BCUT2D eigenvalue weighted by atomic mass is 32.1. The summed E-state index contributed by atoms with van der Waals surface area (Å²) in [5.74, 6) is 0.998. The molecule has 0 amide bonds. The predicted molar refractivity (Wildman–Crippen MR) is 356 cm³/mol. The maximum atomic E-state index is 12.1. The van der Waals surface area contributed by atoms with Gasteiger partial charge >= 0.3 is 0 Å². The third-order valence-electron chi connectivity index (χ3n) is 17.9. The average Bonchev–Trinajstić information content (AvgIpc) is 4.53. The Morgan fingerprint density at radius 2 is 0.975 bits per heavy atom. The van der Waals surface area contributed by atoms with Gasteiger partial charge in [-0.15, -0.1) is 68.0 Å². The Morgan fingerprint density at radius 3 is 1.55 bits per heavy atom. The summed E-state index contributed by atoms with van der Waals surface area (Å²) in [4.78, 5) is 26.9. The Hall–Kier alpha value is -4.73. The number of unbranched alkanes of at least 4 members (excludes halogenated alkanes) is 9. The van der Waals surface area contributed by atoms with Crippen LogP contribution < -0.4 is 0 Å². The largest absolute Gasteiger partial charge is 0.297 e. The lowest BCUT2D eigenvalue weighted by Gasteiger charge is -2.43. The number of hydrogen-bond donors (Lipinski definition) is 0. The Morgan fingerprint density at radius 1 is 0.450 bits per heavy atom. The minimum atomic E-state index is -0.299. The van der Waals surface area contributed by atoms with Gasteiger partial charge in [0.1, 0.15) is 0 Å². The standard InChI is InChI=1S/C73H78OS6/c1-5-9-12-15-23-50-40-41-75-69(50)63-36-37-65(77-63)71-53(22-8-4)45-67(79-71)51-34-32-48-30-31-49-33-35-52(44-62(49)73(61(48)43-51)59-28-20-18-26-57(59)58-27-19-21-29-60(58)73)68-46-55(25-17-14-11-7-3)72(80-68)66-39-38-64(78-66)70-54(24-16-13-10-6-2)42-56(47-74)76-70/h18,20,26,28,30-47,58,60H,5-17,19,21-25,27,29H2,1-4H3/t58-,60?,73+/m1/s1. The van der Waals surface area contributed by atoms with E-state index in [2.05, 4.69) is 154 Å². The van der Waals surface area contributed by atoms with E-state index < -0.39 is 0 Å². The molecular formula is C73H78OS6. The van der Waals surface area contributed by atoms with Gasteiger partial charge in [-0.1, -0.05) is 165 Å². The van der Waals surface area contributed by atoms with E-state index in [1.165, 1.54) is 219 Å². The van der Waals surface area contributed by atoms with Crippen molar-refractivity contribution in [3.8, 4) is 59.9 Å². The highest BCUT2D eigenvalue weighted by molar-refractivity contribution is 7.28. The molecule has 1 unspecified atom stereocenters. The van der Waals surface area contributed by atoms with Crippen molar-refractivity contribution >= 4 is 86.5 Å². The fourth-order valence-electron chi connectivity index (χ4n) is 14.0. The summed E-state index contributed by atoms with van der Waals surface area (Å²) in [5, 5.41) is 2.31. The molecule has 1 spiro atoms. The van der Waals surface area contributed by atoms with Crippen molar-refractivity contribution in [3.63, 3.8) is 0 Å². The zero-order valence-corrected chi connectivity index (χ0v) is 52.5. The van der Waals surface area contributed by atoms with E-state index >= 15 is 0 Å². The Kier molecular flexibility index (Phi) is 17.7. The van der Waals surface area contributed by atoms with Crippen LogP contribution in [-0.2, 0) is 31.1 Å². The lowest BCUT2D eigenvalue weighted by atomic mass is 9.59. The molecule has 6 heterocycles. The summed E-state index contributed by atoms with van der Waals surface area (Å²) in [5.41, 5.74) is 17.0. The Bertz CT molecular complexity index is 3610. The molecule has 1 fully saturated rings. The van der Waals surface area contributed by atoms with E-state index in [-0.39, 0.29) is 5.41 Å². The van der Waals surface area contributed by atoms with Crippen LogP contribution in [0.15, 0.2) is 115 Å². The summed E-state index contributed by atoms with van der Waals surface area (Å²) in [7, 11) is 0. The fourth-order valence-corrected chi connectivity index (χ4v) is 21.1. The van der Waals surface area contributed by atoms with E-state index in [1.54, 1.807) is 16.9 Å². The van der Waals surface area contributed by atoms with Crippen LogP contribution in [0.2, 0.25) is 0 Å². The van der Waals surface area contributed by atoms with Crippen LogP contribution in [0.1, 0.15) is 208 Å². The fraction of sp³-hybridized carbons (Fsp3) is 0.384. The molecule has 0 aliphatic heterocycles. The zero-order valence-electron chi connectivity index (χ0n) is 47.6. The molecule has 6 aromatic heterocycles. The van der Waals surface area contributed by atoms with Crippen molar-refractivity contribution in [2.24, 2.45) is 5.92 Å². The zero-order chi connectivity index (χ0) is 54.6. The van der Waals surface area contributed by atoms with Crippen molar-refractivity contribution in [2.75, 3.05) is 0 Å². The third kappa shape index (κ3) is 10.9. The highest BCUT2D eigenvalue weighted by Gasteiger charge is 2.56. The molecular weight excluding hydrogens is 1090 g/mol. The van der Waals surface area contributed by atoms with Crippen LogP contribution in [0, 0.1) is 5.92 Å². The van der Waals surface area contributed by atoms with Gasteiger partial charge < -0.3 is 0 Å². The smallest absolute Gasteiger partial charge is 0.160 e. The van der Waals surface area contributed by atoms with Gasteiger partial charge in [-0.25, -0.2) is 0 Å². The first-order valence-corrected chi connectivity index (χ1v) is 35.6. The highest BCUT2D eigenvalue weighted by Crippen LogP contribution is 2.64. The number of aryl methyl sites for hydroxylation is 4. The minimum Gasteiger partial charge on any atom is -0.297 e. The molecule has 1 saturated carbocycles.